The Bertz CT molecular complexity index is 732. The predicted molar refractivity (Wildman–Crippen MR) is 79.9 cm³/mol. The highest BCUT2D eigenvalue weighted by molar-refractivity contribution is 5.95. The summed E-state index contributed by atoms with van der Waals surface area (Å²) in [7, 11) is 0. The van der Waals surface area contributed by atoms with Gasteiger partial charge in [-0.05, 0) is 44.2 Å². The summed E-state index contributed by atoms with van der Waals surface area (Å²) in [5.74, 6) is 2.00. The van der Waals surface area contributed by atoms with Crippen molar-refractivity contribution in [3.05, 3.63) is 53.0 Å². The summed E-state index contributed by atoms with van der Waals surface area (Å²) in [5, 5.41) is 2.80. The van der Waals surface area contributed by atoms with Crippen LogP contribution < -0.4 is 10.1 Å². The third kappa shape index (κ3) is 2.88. The maximum Gasteiger partial charge on any atom is 0.251 e. The first-order valence-corrected chi connectivity index (χ1v) is 7.19. The molecule has 1 aromatic heterocycles. The van der Waals surface area contributed by atoms with Gasteiger partial charge in [0.15, 0.2) is 11.9 Å². The van der Waals surface area contributed by atoms with Crippen LogP contribution in [0, 0.1) is 6.92 Å². The second-order valence-corrected chi connectivity index (χ2v) is 5.42. The van der Waals surface area contributed by atoms with E-state index in [0.29, 0.717) is 30.0 Å². The van der Waals surface area contributed by atoms with Gasteiger partial charge in [0.1, 0.15) is 17.3 Å². The van der Waals surface area contributed by atoms with Crippen molar-refractivity contribution in [1.82, 2.24) is 5.32 Å². The van der Waals surface area contributed by atoms with Gasteiger partial charge in [-0.3, -0.25) is 9.59 Å². The average molecular weight is 299 g/mol. The van der Waals surface area contributed by atoms with Crippen molar-refractivity contribution in [2.75, 3.05) is 0 Å². The lowest BCUT2D eigenvalue weighted by Crippen LogP contribution is -2.30. The van der Waals surface area contributed by atoms with E-state index < -0.39 is 6.10 Å². The molecule has 0 saturated heterocycles. The smallest absolute Gasteiger partial charge is 0.251 e. The minimum absolute atomic E-state index is 0.0242. The molecule has 2 heterocycles. The standard InChI is InChI=1S/C17H17NO4/c1-10-3-5-14(21-10)9-18-17(20)12-4-6-16-13(7-12)8-15(19)11(2)22-16/h3-7,11H,8-9H2,1-2H3,(H,18,20). The first kappa shape index (κ1) is 14.4. The number of carbonyl (C=O) groups is 2. The van der Waals surface area contributed by atoms with Crippen molar-refractivity contribution in [3.8, 4) is 5.75 Å². The molecule has 1 N–H and O–H groups in total. The molecule has 5 heteroatoms. The third-order valence-electron chi connectivity index (χ3n) is 3.66. The largest absolute Gasteiger partial charge is 0.483 e. The molecule has 22 heavy (non-hydrogen) atoms. The van der Waals surface area contributed by atoms with Crippen molar-refractivity contribution in [2.24, 2.45) is 0 Å². The zero-order valence-electron chi connectivity index (χ0n) is 12.5. The molecule has 0 fully saturated rings. The van der Waals surface area contributed by atoms with Gasteiger partial charge in [0.05, 0.1) is 6.54 Å². The molecule has 1 aliphatic rings. The quantitative estimate of drug-likeness (QED) is 0.945. The maximum atomic E-state index is 12.2. The second kappa shape index (κ2) is 5.67. The molecule has 0 bridgehead atoms. The summed E-state index contributed by atoms with van der Waals surface area (Å²) >= 11 is 0. The van der Waals surface area contributed by atoms with Crippen molar-refractivity contribution in [3.63, 3.8) is 0 Å². The number of benzene rings is 1. The Labute approximate surface area is 128 Å². The molecule has 114 valence electrons. The van der Waals surface area contributed by atoms with Crippen molar-refractivity contribution < 1.29 is 18.7 Å². The molecule has 0 spiro atoms. The van der Waals surface area contributed by atoms with Gasteiger partial charge in [-0.15, -0.1) is 0 Å². The minimum atomic E-state index is -0.422. The Kier molecular flexibility index (Phi) is 3.71. The normalized spacial score (nSPS) is 16.8. The number of hydrogen-bond donors (Lipinski definition) is 1. The van der Waals surface area contributed by atoms with Gasteiger partial charge in [0.2, 0.25) is 0 Å². The predicted octanol–water partition coefficient (Wildman–Crippen LogP) is 2.41. The van der Waals surface area contributed by atoms with Gasteiger partial charge in [-0.2, -0.15) is 0 Å². The Morgan fingerprint density at radius 1 is 1.32 bits per heavy atom. The van der Waals surface area contributed by atoms with E-state index in [1.165, 1.54) is 0 Å². The number of rotatable bonds is 3. The number of ether oxygens (including phenoxy) is 1. The molecule has 5 nitrogen and oxygen atoms in total. The van der Waals surface area contributed by atoms with Crippen LogP contribution in [0.3, 0.4) is 0 Å². The van der Waals surface area contributed by atoms with E-state index in [-0.39, 0.29) is 11.7 Å². The molecule has 1 aromatic carbocycles. The first-order valence-electron chi connectivity index (χ1n) is 7.19. The van der Waals surface area contributed by atoms with Gasteiger partial charge < -0.3 is 14.5 Å². The Morgan fingerprint density at radius 3 is 2.86 bits per heavy atom. The Morgan fingerprint density at radius 2 is 2.14 bits per heavy atom. The molecule has 1 amide bonds. The molecule has 1 aliphatic heterocycles. The summed E-state index contributed by atoms with van der Waals surface area (Å²) in [4.78, 5) is 23.9. The van der Waals surface area contributed by atoms with Crippen LogP contribution in [0.5, 0.6) is 5.75 Å². The summed E-state index contributed by atoms with van der Waals surface area (Å²) in [6, 6.07) is 8.83. The van der Waals surface area contributed by atoms with Gasteiger partial charge in [0, 0.05) is 17.5 Å². The maximum absolute atomic E-state index is 12.2. The number of nitrogens with one attached hydrogen (secondary N) is 1. The summed E-state index contributed by atoms with van der Waals surface area (Å²) in [6.07, 6.45) is -0.121. The van der Waals surface area contributed by atoms with Crippen LogP contribution in [-0.2, 0) is 17.8 Å². The van der Waals surface area contributed by atoms with E-state index in [0.717, 1.165) is 11.3 Å². The number of Topliss-reactive ketones (excluding diaryl/α,β-unsaturated/α-hetero) is 1. The van der Waals surface area contributed by atoms with E-state index in [1.54, 1.807) is 25.1 Å². The lowest BCUT2D eigenvalue weighted by Gasteiger charge is -2.22. The number of aryl methyl sites for hydroxylation is 1. The van der Waals surface area contributed by atoms with E-state index in [2.05, 4.69) is 5.32 Å². The van der Waals surface area contributed by atoms with Gasteiger partial charge in [-0.1, -0.05) is 0 Å². The van der Waals surface area contributed by atoms with Crippen LogP contribution in [0.4, 0.5) is 0 Å². The van der Waals surface area contributed by atoms with Crippen LogP contribution in [0.25, 0.3) is 0 Å². The average Bonchev–Trinajstić information content (AvgIpc) is 2.91. The summed E-state index contributed by atoms with van der Waals surface area (Å²) in [6.45, 7) is 3.92. The Balaban J connectivity index is 1.71. The topological polar surface area (TPSA) is 68.5 Å². The molecule has 0 aliphatic carbocycles. The number of furan rings is 1. The molecular weight excluding hydrogens is 282 g/mol. The molecule has 1 unspecified atom stereocenters. The number of carbonyl (C=O) groups excluding carboxylic acids is 2. The molecular formula is C17H17NO4. The zero-order valence-corrected chi connectivity index (χ0v) is 12.5. The first-order chi connectivity index (χ1) is 10.5. The minimum Gasteiger partial charge on any atom is -0.483 e. The van der Waals surface area contributed by atoms with Crippen LogP contribution >= 0.6 is 0 Å². The molecule has 0 saturated carbocycles. The highest BCUT2D eigenvalue weighted by Gasteiger charge is 2.24. The Hall–Kier alpha value is -2.56. The lowest BCUT2D eigenvalue weighted by molar-refractivity contribution is -0.125. The van der Waals surface area contributed by atoms with E-state index >= 15 is 0 Å². The van der Waals surface area contributed by atoms with Crippen LogP contribution in [-0.4, -0.2) is 17.8 Å². The zero-order chi connectivity index (χ0) is 15.7. The number of amides is 1. The third-order valence-corrected chi connectivity index (χ3v) is 3.66. The lowest BCUT2D eigenvalue weighted by atomic mass is 9.99. The van der Waals surface area contributed by atoms with E-state index in [1.807, 2.05) is 19.1 Å². The number of hydrogen-bond acceptors (Lipinski definition) is 4. The molecule has 2 aromatic rings. The number of fused-ring (bicyclic) bond motifs is 1. The van der Waals surface area contributed by atoms with Gasteiger partial charge >= 0.3 is 0 Å². The highest BCUT2D eigenvalue weighted by atomic mass is 16.5. The molecule has 1 atom stereocenters. The van der Waals surface area contributed by atoms with Crippen LogP contribution in [0.1, 0.15) is 34.4 Å². The fourth-order valence-electron chi connectivity index (χ4n) is 2.41. The second-order valence-electron chi connectivity index (χ2n) is 5.42. The van der Waals surface area contributed by atoms with Crippen molar-refractivity contribution in [1.29, 1.82) is 0 Å². The SMILES string of the molecule is Cc1ccc(CNC(=O)c2ccc3c(c2)CC(=O)C(C)O3)o1. The van der Waals surface area contributed by atoms with E-state index in [9.17, 15) is 9.59 Å². The van der Waals surface area contributed by atoms with Gasteiger partial charge in [-0.25, -0.2) is 0 Å². The van der Waals surface area contributed by atoms with Gasteiger partial charge in [0.25, 0.3) is 5.91 Å². The summed E-state index contributed by atoms with van der Waals surface area (Å²) < 4.78 is 10.9. The summed E-state index contributed by atoms with van der Waals surface area (Å²) in [5.41, 5.74) is 1.26. The molecule has 3 rings (SSSR count). The van der Waals surface area contributed by atoms with Crippen molar-refractivity contribution in [2.45, 2.75) is 32.9 Å². The van der Waals surface area contributed by atoms with Crippen LogP contribution in [0.2, 0.25) is 0 Å². The number of ketones is 1. The molecule has 0 radical (unpaired) electrons. The monoisotopic (exact) mass is 299 g/mol. The fraction of sp³-hybridized carbons (Fsp3) is 0.294. The van der Waals surface area contributed by atoms with Crippen molar-refractivity contribution >= 4 is 11.7 Å². The fourth-order valence-corrected chi connectivity index (χ4v) is 2.41. The highest BCUT2D eigenvalue weighted by Crippen LogP contribution is 2.26. The van der Waals surface area contributed by atoms with Crippen LogP contribution in [0.15, 0.2) is 34.7 Å². The van der Waals surface area contributed by atoms with E-state index in [4.69, 9.17) is 9.15 Å².